The fourth-order valence-corrected chi connectivity index (χ4v) is 3.55. The topological polar surface area (TPSA) is 42.0 Å². The predicted octanol–water partition coefficient (Wildman–Crippen LogP) is 6.06. The van der Waals surface area contributed by atoms with Crippen molar-refractivity contribution in [1.29, 1.82) is 0 Å². The molecule has 0 unspecified atom stereocenters. The number of carbonyl (C=O) groups excluding carboxylic acids is 1. The lowest BCUT2D eigenvalue weighted by molar-refractivity contribution is -0.137. The summed E-state index contributed by atoms with van der Waals surface area (Å²) in [6.45, 7) is 2.06. The molecular formula is C22H19F3N2OS. The highest BCUT2D eigenvalue weighted by molar-refractivity contribution is 7.99. The molecule has 0 aliphatic rings. The molecule has 0 bridgehead atoms. The fourth-order valence-electron chi connectivity index (χ4n) is 2.89. The number of aromatic nitrogens is 1. The van der Waals surface area contributed by atoms with Crippen LogP contribution in [0.1, 0.15) is 18.1 Å². The van der Waals surface area contributed by atoms with Crippen molar-refractivity contribution in [2.45, 2.75) is 24.4 Å². The quantitative estimate of drug-likeness (QED) is 0.497. The van der Waals surface area contributed by atoms with E-state index in [9.17, 15) is 18.0 Å². The molecular weight excluding hydrogens is 397 g/mol. The normalized spacial score (nSPS) is 11.3. The van der Waals surface area contributed by atoms with Crippen LogP contribution in [0.3, 0.4) is 0 Å². The Morgan fingerprint density at radius 1 is 1.10 bits per heavy atom. The summed E-state index contributed by atoms with van der Waals surface area (Å²) in [5, 5.41) is 2.56. The lowest BCUT2D eigenvalue weighted by Gasteiger charge is -2.15. The van der Waals surface area contributed by atoms with Gasteiger partial charge in [-0.25, -0.2) is 0 Å². The molecule has 3 rings (SSSR count). The molecule has 0 saturated heterocycles. The zero-order valence-corrected chi connectivity index (χ0v) is 16.5. The molecule has 0 fully saturated rings. The van der Waals surface area contributed by atoms with Crippen LogP contribution >= 0.6 is 11.8 Å². The van der Waals surface area contributed by atoms with E-state index in [-0.39, 0.29) is 23.6 Å². The molecule has 0 aliphatic heterocycles. The molecule has 1 heterocycles. The minimum absolute atomic E-state index is 0.0209. The maximum Gasteiger partial charge on any atom is 0.417 e. The Morgan fingerprint density at radius 3 is 2.48 bits per heavy atom. The summed E-state index contributed by atoms with van der Waals surface area (Å²) in [6, 6.07) is 14.5. The van der Waals surface area contributed by atoms with Crippen molar-refractivity contribution in [1.82, 2.24) is 4.98 Å². The first kappa shape index (κ1) is 20.9. The number of hydrogen-bond acceptors (Lipinski definition) is 3. The first-order valence-electron chi connectivity index (χ1n) is 9.00. The molecule has 7 heteroatoms. The standard InChI is InChI=1S/C22H19F3N2OS/c1-2-29-18-8-5-15(6-9-18)12-21(28)27-17-7-10-19(16-4-3-11-26-14-16)20(13-17)22(23,24)25/h3-11,13-14H,2,12H2,1H3,(H,27,28). The van der Waals surface area contributed by atoms with E-state index in [0.29, 0.717) is 5.56 Å². The summed E-state index contributed by atoms with van der Waals surface area (Å²) < 4.78 is 40.7. The van der Waals surface area contributed by atoms with E-state index in [4.69, 9.17) is 0 Å². The van der Waals surface area contributed by atoms with Crippen LogP contribution in [0.25, 0.3) is 11.1 Å². The van der Waals surface area contributed by atoms with Gasteiger partial charge in [-0.05, 0) is 47.2 Å². The van der Waals surface area contributed by atoms with E-state index < -0.39 is 11.7 Å². The van der Waals surface area contributed by atoms with E-state index in [1.54, 1.807) is 23.9 Å². The van der Waals surface area contributed by atoms with E-state index in [1.807, 2.05) is 24.3 Å². The average Bonchev–Trinajstić information content (AvgIpc) is 2.69. The highest BCUT2D eigenvalue weighted by Crippen LogP contribution is 2.38. The number of pyridine rings is 1. The van der Waals surface area contributed by atoms with Gasteiger partial charge in [0, 0.05) is 28.5 Å². The second-order valence-electron chi connectivity index (χ2n) is 6.30. The van der Waals surface area contributed by atoms with Crippen molar-refractivity contribution in [2.75, 3.05) is 11.1 Å². The van der Waals surface area contributed by atoms with Crippen LogP contribution in [0.15, 0.2) is 71.9 Å². The van der Waals surface area contributed by atoms with E-state index in [2.05, 4.69) is 17.2 Å². The Bertz CT molecular complexity index is 974. The number of nitrogens with zero attached hydrogens (tertiary/aromatic N) is 1. The molecule has 0 aliphatic carbocycles. The summed E-state index contributed by atoms with van der Waals surface area (Å²) in [4.78, 5) is 17.3. The minimum atomic E-state index is -4.56. The van der Waals surface area contributed by atoms with Gasteiger partial charge in [0.25, 0.3) is 0 Å². The third-order valence-corrected chi connectivity index (χ3v) is 5.07. The number of benzene rings is 2. The fraction of sp³-hybridized carbons (Fsp3) is 0.182. The third-order valence-electron chi connectivity index (χ3n) is 4.18. The van der Waals surface area contributed by atoms with Crippen LogP contribution in [0.2, 0.25) is 0 Å². The van der Waals surface area contributed by atoms with E-state index in [0.717, 1.165) is 22.3 Å². The molecule has 1 N–H and O–H groups in total. The second-order valence-corrected chi connectivity index (χ2v) is 7.64. The zero-order chi connectivity index (χ0) is 20.9. The van der Waals surface area contributed by atoms with Gasteiger partial charge < -0.3 is 5.32 Å². The largest absolute Gasteiger partial charge is 0.417 e. The number of carbonyl (C=O) groups is 1. The van der Waals surface area contributed by atoms with Crippen LogP contribution < -0.4 is 5.32 Å². The lowest BCUT2D eigenvalue weighted by atomic mass is 10.00. The van der Waals surface area contributed by atoms with Crippen LogP contribution in [0.4, 0.5) is 18.9 Å². The molecule has 0 atom stereocenters. The number of rotatable bonds is 6. The Balaban J connectivity index is 1.77. The zero-order valence-electron chi connectivity index (χ0n) is 15.7. The summed E-state index contributed by atoms with van der Waals surface area (Å²) >= 11 is 1.70. The smallest absolute Gasteiger partial charge is 0.326 e. The molecule has 1 amide bonds. The third kappa shape index (κ3) is 5.60. The Kier molecular flexibility index (Phi) is 6.59. The Labute approximate surface area is 171 Å². The highest BCUT2D eigenvalue weighted by atomic mass is 32.2. The van der Waals surface area contributed by atoms with Gasteiger partial charge in [-0.2, -0.15) is 13.2 Å². The monoisotopic (exact) mass is 416 g/mol. The average molecular weight is 416 g/mol. The number of alkyl halides is 3. The van der Waals surface area contributed by atoms with Gasteiger partial charge in [0.05, 0.1) is 12.0 Å². The predicted molar refractivity (Wildman–Crippen MR) is 110 cm³/mol. The van der Waals surface area contributed by atoms with Gasteiger partial charge in [0.2, 0.25) is 5.91 Å². The van der Waals surface area contributed by atoms with Gasteiger partial charge >= 0.3 is 6.18 Å². The van der Waals surface area contributed by atoms with Crippen molar-refractivity contribution < 1.29 is 18.0 Å². The maximum absolute atomic E-state index is 13.6. The lowest BCUT2D eigenvalue weighted by Crippen LogP contribution is -2.15. The molecule has 0 radical (unpaired) electrons. The molecule has 3 nitrogen and oxygen atoms in total. The second kappa shape index (κ2) is 9.13. The van der Waals surface area contributed by atoms with Crippen molar-refractivity contribution in [3.8, 4) is 11.1 Å². The van der Waals surface area contributed by atoms with Crippen molar-refractivity contribution in [3.63, 3.8) is 0 Å². The Hall–Kier alpha value is -2.80. The highest BCUT2D eigenvalue weighted by Gasteiger charge is 2.34. The molecule has 3 aromatic rings. The van der Waals surface area contributed by atoms with Crippen LogP contribution in [0, 0.1) is 0 Å². The van der Waals surface area contributed by atoms with Crippen molar-refractivity contribution >= 4 is 23.4 Å². The van der Waals surface area contributed by atoms with Gasteiger partial charge in [-0.15, -0.1) is 11.8 Å². The molecule has 150 valence electrons. The summed E-state index contributed by atoms with van der Waals surface area (Å²) in [6.07, 6.45) is -1.59. The first-order chi connectivity index (χ1) is 13.9. The summed E-state index contributed by atoms with van der Waals surface area (Å²) in [5.74, 6) is 0.583. The number of anilines is 1. The maximum atomic E-state index is 13.6. The van der Waals surface area contributed by atoms with E-state index in [1.165, 1.54) is 24.5 Å². The van der Waals surface area contributed by atoms with Crippen molar-refractivity contribution in [2.24, 2.45) is 0 Å². The minimum Gasteiger partial charge on any atom is -0.326 e. The van der Waals surface area contributed by atoms with Gasteiger partial charge in [0.1, 0.15) is 0 Å². The molecule has 2 aromatic carbocycles. The van der Waals surface area contributed by atoms with Crippen LogP contribution in [0.5, 0.6) is 0 Å². The van der Waals surface area contributed by atoms with Gasteiger partial charge in [-0.1, -0.05) is 31.2 Å². The molecule has 0 spiro atoms. The van der Waals surface area contributed by atoms with Gasteiger partial charge in [-0.3, -0.25) is 9.78 Å². The SMILES string of the molecule is CCSc1ccc(CC(=O)Nc2ccc(-c3cccnc3)c(C(F)(F)F)c2)cc1. The molecule has 1 aromatic heterocycles. The van der Waals surface area contributed by atoms with Crippen LogP contribution in [-0.2, 0) is 17.4 Å². The van der Waals surface area contributed by atoms with Crippen molar-refractivity contribution in [3.05, 3.63) is 78.1 Å². The van der Waals surface area contributed by atoms with E-state index >= 15 is 0 Å². The van der Waals surface area contributed by atoms with Gasteiger partial charge in [0.15, 0.2) is 0 Å². The Morgan fingerprint density at radius 2 is 1.86 bits per heavy atom. The number of nitrogens with one attached hydrogen (secondary N) is 1. The summed E-state index contributed by atoms with van der Waals surface area (Å²) in [5.41, 5.74) is 0.471. The molecule has 0 saturated carbocycles. The summed E-state index contributed by atoms with van der Waals surface area (Å²) in [7, 11) is 0. The number of halogens is 3. The van der Waals surface area contributed by atoms with Crippen LogP contribution in [-0.4, -0.2) is 16.6 Å². The molecule has 29 heavy (non-hydrogen) atoms. The number of thioether (sulfide) groups is 1. The number of hydrogen-bond donors (Lipinski definition) is 1. The first-order valence-corrected chi connectivity index (χ1v) is 9.98. The number of amides is 1.